The van der Waals surface area contributed by atoms with E-state index < -0.39 is 0 Å². The predicted molar refractivity (Wildman–Crippen MR) is 116 cm³/mol. The third-order valence-corrected chi connectivity index (χ3v) is 5.74. The number of nitrogens with one attached hydrogen (secondary N) is 1. The molecule has 1 fully saturated rings. The van der Waals surface area contributed by atoms with E-state index in [1.54, 1.807) is 17.0 Å². The van der Waals surface area contributed by atoms with Gasteiger partial charge in [-0.15, -0.1) is 15.3 Å². The molecule has 4 aromatic rings. The molecule has 0 radical (unpaired) electrons. The zero-order valence-corrected chi connectivity index (χ0v) is 17.0. The van der Waals surface area contributed by atoms with Gasteiger partial charge in [0, 0.05) is 25.2 Å². The fourth-order valence-electron chi connectivity index (χ4n) is 4.04. The number of rotatable bonds is 5. The van der Waals surface area contributed by atoms with Crippen molar-refractivity contribution in [3.05, 3.63) is 84.4 Å². The number of hydrogen-bond acceptors (Lipinski definition) is 6. The lowest BCUT2D eigenvalue weighted by Crippen LogP contribution is -2.42. The van der Waals surface area contributed by atoms with Crippen LogP contribution in [0.3, 0.4) is 0 Å². The molecule has 1 aliphatic rings. The second-order valence-corrected chi connectivity index (χ2v) is 7.69. The van der Waals surface area contributed by atoms with Gasteiger partial charge >= 0.3 is 0 Å². The summed E-state index contributed by atoms with van der Waals surface area (Å²) >= 11 is 0. The van der Waals surface area contributed by atoms with Crippen LogP contribution in [0.15, 0.2) is 73.2 Å². The summed E-state index contributed by atoms with van der Waals surface area (Å²) in [6.45, 7) is 1.55. The number of hydrogen-bond donors (Lipinski definition) is 1. The van der Waals surface area contributed by atoms with E-state index in [9.17, 15) is 4.79 Å². The minimum atomic E-state index is -0.259. The van der Waals surface area contributed by atoms with Gasteiger partial charge in [-0.3, -0.25) is 9.78 Å². The largest absolute Gasteiger partial charge is 0.355 e. The van der Waals surface area contributed by atoms with Crippen LogP contribution in [0.5, 0.6) is 0 Å². The van der Waals surface area contributed by atoms with Crippen molar-refractivity contribution in [1.29, 1.82) is 0 Å². The number of benzene rings is 1. The van der Waals surface area contributed by atoms with Gasteiger partial charge in [-0.05, 0) is 42.7 Å². The second kappa shape index (κ2) is 8.51. The van der Waals surface area contributed by atoms with Crippen LogP contribution >= 0.6 is 0 Å². The fourth-order valence-corrected chi connectivity index (χ4v) is 4.04. The van der Waals surface area contributed by atoms with E-state index in [2.05, 4.69) is 30.5 Å². The van der Waals surface area contributed by atoms with Crippen molar-refractivity contribution in [2.75, 3.05) is 18.0 Å². The van der Waals surface area contributed by atoms with E-state index in [-0.39, 0.29) is 17.9 Å². The lowest BCUT2D eigenvalue weighted by molar-refractivity contribution is -0.126. The first-order valence-electron chi connectivity index (χ1n) is 10.5. The highest BCUT2D eigenvalue weighted by Gasteiger charge is 2.28. The topological polar surface area (TPSA) is 88.3 Å². The van der Waals surface area contributed by atoms with Gasteiger partial charge in [0.05, 0.1) is 11.7 Å². The van der Waals surface area contributed by atoms with E-state index in [4.69, 9.17) is 0 Å². The summed E-state index contributed by atoms with van der Waals surface area (Å²) in [6, 6.07) is 19.4. The third kappa shape index (κ3) is 4.09. The van der Waals surface area contributed by atoms with Gasteiger partial charge in [-0.2, -0.15) is 4.52 Å². The Labute approximate surface area is 179 Å². The molecule has 0 aliphatic carbocycles. The Bertz CT molecular complexity index is 1110. The van der Waals surface area contributed by atoms with Crippen molar-refractivity contribution in [1.82, 2.24) is 30.1 Å². The maximum atomic E-state index is 13.1. The van der Waals surface area contributed by atoms with E-state index in [0.717, 1.165) is 48.7 Å². The number of carbonyl (C=O) groups is 1. The van der Waals surface area contributed by atoms with Crippen molar-refractivity contribution in [2.45, 2.75) is 18.9 Å². The molecule has 8 nitrogen and oxygen atoms in total. The lowest BCUT2D eigenvalue weighted by atomic mass is 9.94. The van der Waals surface area contributed by atoms with Crippen LogP contribution in [-0.4, -0.2) is 43.8 Å². The summed E-state index contributed by atoms with van der Waals surface area (Å²) in [5.74, 6) is 0.910. The predicted octanol–water partition coefficient (Wildman–Crippen LogP) is 2.64. The molecule has 1 saturated heterocycles. The molecule has 1 amide bonds. The molecule has 0 unspecified atom stereocenters. The van der Waals surface area contributed by atoms with Crippen LogP contribution in [-0.2, 0) is 4.79 Å². The third-order valence-electron chi connectivity index (χ3n) is 5.74. The van der Waals surface area contributed by atoms with Gasteiger partial charge in [-0.25, -0.2) is 0 Å². The quantitative estimate of drug-likeness (QED) is 0.541. The molecule has 1 atom stereocenters. The highest BCUT2D eigenvalue weighted by molar-refractivity contribution is 5.80. The Morgan fingerprint density at radius 1 is 1.00 bits per heavy atom. The summed E-state index contributed by atoms with van der Waals surface area (Å²) in [6.07, 6.45) is 4.91. The maximum Gasteiger partial charge on any atom is 0.224 e. The molecule has 0 bridgehead atoms. The highest BCUT2D eigenvalue weighted by Crippen LogP contribution is 2.25. The zero-order valence-electron chi connectivity index (χ0n) is 17.0. The van der Waals surface area contributed by atoms with Gasteiger partial charge in [0.15, 0.2) is 5.65 Å². The second-order valence-electron chi connectivity index (χ2n) is 7.69. The van der Waals surface area contributed by atoms with Crippen LogP contribution in [0.1, 0.15) is 30.1 Å². The first kappa shape index (κ1) is 19.2. The average Bonchev–Trinajstić information content (AvgIpc) is 3.32. The maximum absolute atomic E-state index is 13.1. The molecule has 0 spiro atoms. The number of fused-ring (bicyclic) bond motifs is 1. The zero-order chi connectivity index (χ0) is 21.0. The van der Waals surface area contributed by atoms with Gasteiger partial charge in [0.25, 0.3) is 0 Å². The normalized spacial score (nSPS) is 15.7. The lowest BCUT2D eigenvalue weighted by Gasteiger charge is -2.32. The van der Waals surface area contributed by atoms with Crippen LogP contribution in [0.4, 0.5) is 5.82 Å². The molecule has 31 heavy (non-hydrogen) atoms. The van der Waals surface area contributed by atoms with Crippen LogP contribution in [0, 0.1) is 5.92 Å². The molecule has 1 aromatic carbocycles. The van der Waals surface area contributed by atoms with E-state index in [1.807, 2.05) is 60.7 Å². The summed E-state index contributed by atoms with van der Waals surface area (Å²) in [5.41, 5.74) is 2.59. The van der Waals surface area contributed by atoms with Crippen molar-refractivity contribution in [2.24, 2.45) is 5.92 Å². The number of nitrogens with zero attached hydrogens (tertiary/aromatic N) is 6. The molecule has 3 aromatic heterocycles. The number of aromatic nitrogens is 5. The van der Waals surface area contributed by atoms with E-state index in [1.165, 1.54) is 0 Å². The van der Waals surface area contributed by atoms with Crippen molar-refractivity contribution in [3.63, 3.8) is 0 Å². The molecule has 5 rings (SSSR count). The standard InChI is InChI=1S/C23H23N7O/c31-23(26-22(17-6-2-1-3-7-17)19-8-4-5-13-24-19)18-11-14-29(15-12-18)21-10-9-20-27-25-16-30(20)28-21/h1-10,13,16,18,22H,11-12,14-15H2,(H,26,31)/t22-/m0/s1. The number of amides is 1. The van der Waals surface area contributed by atoms with Crippen LogP contribution in [0.2, 0.25) is 0 Å². The summed E-state index contributed by atoms with van der Waals surface area (Å²) in [4.78, 5) is 19.8. The van der Waals surface area contributed by atoms with Gasteiger partial charge < -0.3 is 10.2 Å². The first-order valence-corrected chi connectivity index (χ1v) is 10.5. The molecular formula is C23H23N7O. The van der Waals surface area contributed by atoms with E-state index in [0.29, 0.717) is 0 Å². The van der Waals surface area contributed by atoms with Gasteiger partial charge in [0.2, 0.25) is 5.91 Å². The van der Waals surface area contributed by atoms with Crippen LogP contribution in [0.25, 0.3) is 5.65 Å². The Hall–Kier alpha value is -3.81. The van der Waals surface area contributed by atoms with Crippen molar-refractivity contribution >= 4 is 17.4 Å². The van der Waals surface area contributed by atoms with Crippen molar-refractivity contribution in [3.8, 4) is 0 Å². The number of piperidine rings is 1. The van der Waals surface area contributed by atoms with Crippen LogP contribution < -0.4 is 10.2 Å². The number of pyridine rings is 1. The smallest absolute Gasteiger partial charge is 0.224 e. The molecule has 8 heteroatoms. The van der Waals surface area contributed by atoms with Gasteiger partial charge in [-0.1, -0.05) is 36.4 Å². The summed E-state index contributed by atoms with van der Waals surface area (Å²) in [5, 5.41) is 15.7. The van der Waals surface area contributed by atoms with Gasteiger partial charge in [0.1, 0.15) is 12.1 Å². The molecular weight excluding hydrogens is 390 g/mol. The Kier molecular flexibility index (Phi) is 5.26. The SMILES string of the molecule is O=C(N[C@@H](c1ccccc1)c1ccccn1)C1CCN(c2ccc3nncn3n2)CC1. The average molecular weight is 413 g/mol. The molecule has 1 N–H and O–H groups in total. The summed E-state index contributed by atoms with van der Waals surface area (Å²) < 4.78 is 1.67. The summed E-state index contributed by atoms with van der Waals surface area (Å²) in [7, 11) is 0. The first-order chi connectivity index (χ1) is 15.3. The van der Waals surface area contributed by atoms with E-state index >= 15 is 0 Å². The minimum Gasteiger partial charge on any atom is -0.355 e. The minimum absolute atomic E-state index is 0.0372. The fraction of sp³-hybridized carbons (Fsp3) is 0.261. The number of anilines is 1. The molecule has 0 saturated carbocycles. The Balaban J connectivity index is 1.27. The highest BCUT2D eigenvalue weighted by atomic mass is 16.2. The Morgan fingerprint density at radius 3 is 2.58 bits per heavy atom. The number of carbonyl (C=O) groups excluding carboxylic acids is 1. The molecule has 156 valence electrons. The monoisotopic (exact) mass is 413 g/mol. The molecule has 4 heterocycles. The van der Waals surface area contributed by atoms with Crippen molar-refractivity contribution < 1.29 is 4.79 Å². The Morgan fingerprint density at radius 2 is 1.81 bits per heavy atom. The molecule has 1 aliphatic heterocycles.